The van der Waals surface area contributed by atoms with Crippen molar-refractivity contribution in [3.8, 4) is 0 Å². The number of rotatable bonds is 8. The normalized spacial score (nSPS) is 13.1. The van der Waals surface area contributed by atoms with Gasteiger partial charge in [0, 0.05) is 11.9 Å². The molecule has 0 radical (unpaired) electrons. The summed E-state index contributed by atoms with van der Waals surface area (Å²) in [5.41, 5.74) is 1.26. The summed E-state index contributed by atoms with van der Waals surface area (Å²) >= 11 is 1.13. The SMILES string of the molecule is CCC(C)n1ncc2cc(NC(=O)CN(CC)S(=O)(=O)c3cccs3)cnc21. The van der Waals surface area contributed by atoms with Gasteiger partial charge < -0.3 is 5.32 Å². The molecular weight excluding hydrogens is 398 g/mol. The molecule has 1 unspecified atom stereocenters. The highest BCUT2D eigenvalue weighted by atomic mass is 32.2. The third kappa shape index (κ3) is 4.08. The zero-order valence-corrected chi connectivity index (χ0v) is 17.6. The fourth-order valence-corrected chi connectivity index (χ4v) is 5.32. The van der Waals surface area contributed by atoms with Gasteiger partial charge in [0.15, 0.2) is 5.65 Å². The average Bonchev–Trinajstić information content (AvgIpc) is 3.35. The monoisotopic (exact) mass is 421 g/mol. The predicted octanol–water partition coefficient (Wildman–Crippen LogP) is 3.11. The fraction of sp³-hybridized carbons (Fsp3) is 0.389. The van der Waals surface area contributed by atoms with Crippen molar-refractivity contribution in [1.82, 2.24) is 19.1 Å². The second-order valence-electron chi connectivity index (χ2n) is 6.39. The van der Waals surface area contributed by atoms with Gasteiger partial charge in [0.05, 0.1) is 30.7 Å². The van der Waals surface area contributed by atoms with Crippen LogP contribution in [-0.4, -0.2) is 46.5 Å². The lowest BCUT2D eigenvalue weighted by atomic mass is 10.2. The van der Waals surface area contributed by atoms with Crippen LogP contribution in [0.2, 0.25) is 0 Å². The van der Waals surface area contributed by atoms with E-state index >= 15 is 0 Å². The molecule has 0 aromatic carbocycles. The quantitative estimate of drug-likeness (QED) is 0.603. The van der Waals surface area contributed by atoms with E-state index in [2.05, 4.69) is 29.2 Å². The lowest BCUT2D eigenvalue weighted by molar-refractivity contribution is -0.116. The maximum atomic E-state index is 12.6. The summed E-state index contributed by atoms with van der Waals surface area (Å²) in [4.78, 5) is 16.8. The van der Waals surface area contributed by atoms with Crippen molar-refractivity contribution in [3.63, 3.8) is 0 Å². The number of aromatic nitrogens is 3. The minimum atomic E-state index is -3.68. The number of carbonyl (C=O) groups is 1. The number of nitrogens with one attached hydrogen (secondary N) is 1. The minimum absolute atomic E-state index is 0.201. The highest BCUT2D eigenvalue weighted by molar-refractivity contribution is 7.91. The molecule has 1 N–H and O–H groups in total. The van der Waals surface area contributed by atoms with Crippen molar-refractivity contribution in [2.24, 2.45) is 0 Å². The summed E-state index contributed by atoms with van der Waals surface area (Å²) < 4.78 is 28.5. The predicted molar refractivity (Wildman–Crippen MR) is 110 cm³/mol. The number of likely N-dealkylation sites (N-methyl/N-ethyl adjacent to an activating group) is 1. The number of carbonyl (C=O) groups excluding carboxylic acids is 1. The van der Waals surface area contributed by atoms with Crippen molar-refractivity contribution in [1.29, 1.82) is 0 Å². The van der Waals surface area contributed by atoms with Crippen molar-refractivity contribution in [2.45, 2.75) is 37.4 Å². The first kappa shape index (κ1) is 20.4. The number of hydrogen-bond acceptors (Lipinski definition) is 6. The molecule has 3 rings (SSSR count). The van der Waals surface area contributed by atoms with Crippen molar-refractivity contribution in [2.75, 3.05) is 18.4 Å². The van der Waals surface area contributed by atoms with Gasteiger partial charge in [0.1, 0.15) is 4.21 Å². The number of fused-ring (bicyclic) bond motifs is 1. The van der Waals surface area contributed by atoms with E-state index < -0.39 is 15.9 Å². The molecule has 8 nitrogen and oxygen atoms in total. The molecule has 0 fully saturated rings. The Bertz CT molecular complexity index is 1060. The number of anilines is 1. The molecular formula is C18H23N5O3S2. The first-order valence-electron chi connectivity index (χ1n) is 9.03. The molecule has 0 saturated carbocycles. The molecule has 3 aromatic heterocycles. The van der Waals surface area contributed by atoms with E-state index in [0.29, 0.717) is 5.69 Å². The molecule has 0 aliphatic heterocycles. The summed E-state index contributed by atoms with van der Waals surface area (Å²) in [6, 6.07) is 5.22. The number of hydrogen-bond donors (Lipinski definition) is 1. The van der Waals surface area contributed by atoms with Crippen LogP contribution in [-0.2, 0) is 14.8 Å². The maximum absolute atomic E-state index is 12.6. The van der Waals surface area contributed by atoms with Gasteiger partial charge in [-0.25, -0.2) is 18.1 Å². The summed E-state index contributed by atoms with van der Waals surface area (Å²) in [7, 11) is -3.68. The molecule has 0 bridgehead atoms. The highest BCUT2D eigenvalue weighted by Gasteiger charge is 2.26. The molecule has 28 heavy (non-hydrogen) atoms. The third-order valence-electron chi connectivity index (χ3n) is 4.49. The first-order chi connectivity index (χ1) is 13.4. The van der Waals surface area contributed by atoms with E-state index in [1.54, 1.807) is 36.8 Å². The Hall–Kier alpha value is -2.30. The largest absolute Gasteiger partial charge is 0.324 e. The Labute approximate surface area is 168 Å². The zero-order chi connectivity index (χ0) is 20.3. The Morgan fingerprint density at radius 2 is 2.14 bits per heavy atom. The molecule has 0 saturated heterocycles. The lowest BCUT2D eigenvalue weighted by Gasteiger charge is -2.19. The number of nitrogens with zero attached hydrogens (tertiary/aromatic N) is 4. The molecule has 3 aromatic rings. The van der Waals surface area contributed by atoms with Crippen LogP contribution in [0.15, 0.2) is 40.2 Å². The van der Waals surface area contributed by atoms with Crippen LogP contribution in [0.4, 0.5) is 5.69 Å². The van der Waals surface area contributed by atoms with Gasteiger partial charge in [0.2, 0.25) is 5.91 Å². The van der Waals surface area contributed by atoms with E-state index in [1.807, 2.05) is 4.68 Å². The zero-order valence-electron chi connectivity index (χ0n) is 16.0. The van der Waals surface area contributed by atoms with E-state index in [1.165, 1.54) is 6.07 Å². The van der Waals surface area contributed by atoms with Gasteiger partial charge in [-0.3, -0.25) is 4.79 Å². The van der Waals surface area contributed by atoms with Gasteiger partial charge in [-0.15, -0.1) is 11.3 Å². The Morgan fingerprint density at radius 3 is 2.79 bits per heavy atom. The Balaban J connectivity index is 1.73. The fourth-order valence-electron chi connectivity index (χ4n) is 2.77. The average molecular weight is 422 g/mol. The van der Waals surface area contributed by atoms with Crippen LogP contribution in [0.5, 0.6) is 0 Å². The van der Waals surface area contributed by atoms with Crippen LogP contribution in [0.1, 0.15) is 33.2 Å². The molecule has 0 aliphatic carbocycles. The standard InChI is InChI=1S/C18H23N5O3S2/c1-4-13(3)23-18-14(10-20-23)9-15(11-19-18)21-16(24)12-22(5-2)28(25,26)17-7-6-8-27-17/h6-11,13H,4-5,12H2,1-3H3,(H,21,24). The van der Waals surface area contributed by atoms with Crippen molar-refractivity contribution in [3.05, 3.63) is 36.0 Å². The van der Waals surface area contributed by atoms with Gasteiger partial charge in [0.25, 0.3) is 10.0 Å². The molecule has 0 spiro atoms. The van der Waals surface area contributed by atoms with E-state index in [-0.39, 0.29) is 23.3 Å². The van der Waals surface area contributed by atoms with E-state index in [4.69, 9.17) is 0 Å². The molecule has 3 heterocycles. The van der Waals surface area contributed by atoms with E-state index in [9.17, 15) is 13.2 Å². The van der Waals surface area contributed by atoms with Gasteiger partial charge in [-0.1, -0.05) is 19.9 Å². The third-order valence-corrected chi connectivity index (χ3v) is 7.78. The lowest BCUT2D eigenvalue weighted by Crippen LogP contribution is -2.37. The Morgan fingerprint density at radius 1 is 1.36 bits per heavy atom. The Kier molecular flexibility index (Phi) is 6.11. The number of thiophene rings is 1. The minimum Gasteiger partial charge on any atom is -0.324 e. The van der Waals surface area contributed by atoms with Crippen LogP contribution < -0.4 is 5.32 Å². The number of pyridine rings is 1. The van der Waals surface area contributed by atoms with Crippen molar-refractivity contribution >= 4 is 44.0 Å². The molecule has 150 valence electrons. The molecule has 1 amide bonds. The summed E-state index contributed by atoms with van der Waals surface area (Å²) in [5.74, 6) is -0.419. The first-order valence-corrected chi connectivity index (χ1v) is 11.4. The molecule has 0 aliphatic rings. The van der Waals surface area contributed by atoms with Gasteiger partial charge in [-0.2, -0.15) is 9.40 Å². The molecule has 10 heteroatoms. The van der Waals surface area contributed by atoms with Gasteiger partial charge >= 0.3 is 0 Å². The highest BCUT2D eigenvalue weighted by Crippen LogP contribution is 2.22. The summed E-state index contributed by atoms with van der Waals surface area (Å²) in [6.07, 6.45) is 4.21. The number of amides is 1. The second kappa shape index (κ2) is 8.38. The van der Waals surface area contributed by atoms with E-state index in [0.717, 1.165) is 33.1 Å². The maximum Gasteiger partial charge on any atom is 0.253 e. The van der Waals surface area contributed by atoms with Crippen molar-refractivity contribution < 1.29 is 13.2 Å². The molecule has 1 atom stereocenters. The summed E-state index contributed by atoms with van der Waals surface area (Å²) in [5, 5.41) is 9.60. The van der Waals surface area contributed by atoms with Crippen LogP contribution in [0, 0.1) is 0 Å². The smallest absolute Gasteiger partial charge is 0.253 e. The van der Waals surface area contributed by atoms with Crippen LogP contribution in [0.25, 0.3) is 11.0 Å². The summed E-state index contributed by atoms with van der Waals surface area (Å²) in [6.45, 7) is 5.79. The number of sulfonamides is 1. The van der Waals surface area contributed by atoms with Crippen LogP contribution in [0.3, 0.4) is 0 Å². The topological polar surface area (TPSA) is 97.2 Å². The van der Waals surface area contributed by atoms with Crippen LogP contribution >= 0.6 is 11.3 Å². The second-order valence-corrected chi connectivity index (χ2v) is 9.51. The van der Waals surface area contributed by atoms with Gasteiger partial charge in [-0.05, 0) is 30.9 Å².